The molecule has 0 aliphatic rings. The van der Waals surface area contributed by atoms with Crippen molar-refractivity contribution < 1.29 is 9.90 Å². The number of carbonyl (C=O) groups excluding carboxylic acids is 1. The van der Waals surface area contributed by atoms with Crippen molar-refractivity contribution in [3.63, 3.8) is 0 Å². The van der Waals surface area contributed by atoms with Crippen molar-refractivity contribution in [3.8, 4) is 0 Å². The summed E-state index contributed by atoms with van der Waals surface area (Å²) in [6.07, 6.45) is 3.38. The standard InChI is InChI=1S/C17H27NO2/c1-6-7-8-13-9-11-14(12-10-13)15(19)18-16(2,3)17(4,5)20/h9-12,20H,6-8H2,1-5H3,(H,18,19). The lowest BCUT2D eigenvalue weighted by molar-refractivity contribution is -0.00292. The van der Waals surface area contributed by atoms with Gasteiger partial charge in [0.2, 0.25) is 0 Å². The van der Waals surface area contributed by atoms with Crippen LogP contribution in [0.3, 0.4) is 0 Å². The lowest BCUT2D eigenvalue weighted by Crippen LogP contribution is -2.57. The maximum atomic E-state index is 12.2. The third-order valence-electron chi connectivity index (χ3n) is 3.99. The molecule has 0 saturated heterocycles. The van der Waals surface area contributed by atoms with E-state index in [-0.39, 0.29) is 5.91 Å². The zero-order chi connectivity index (χ0) is 15.4. The van der Waals surface area contributed by atoms with Crippen molar-refractivity contribution in [1.29, 1.82) is 0 Å². The number of benzene rings is 1. The van der Waals surface area contributed by atoms with E-state index < -0.39 is 11.1 Å². The average molecular weight is 277 g/mol. The second-order valence-corrected chi connectivity index (χ2v) is 6.44. The summed E-state index contributed by atoms with van der Waals surface area (Å²) in [4.78, 5) is 12.2. The summed E-state index contributed by atoms with van der Waals surface area (Å²) in [7, 11) is 0. The first-order valence-electron chi connectivity index (χ1n) is 7.31. The van der Waals surface area contributed by atoms with Gasteiger partial charge in [0.25, 0.3) is 5.91 Å². The molecule has 1 aromatic rings. The fourth-order valence-corrected chi connectivity index (χ4v) is 1.71. The van der Waals surface area contributed by atoms with Crippen molar-refractivity contribution in [3.05, 3.63) is 35.4 Å². The molecule has 1 rings (SSSR count). The zero-order valence-corrected chi connectivity index (χ0v) is 13.3. The summed E-state index contributed by atoms with van der Waals surface area (Å²) in [5, 5.41) is 13.0. The van der Waals surface area contributed by atoms with Gasteiger partial charge in [-0.1, -0.05) is 25.5 Å². The topological polar surface area (TPSA) is 49.3 Å². The molecule has 2 N–H and O–H groups in total. The summed E-state index contributed by atoms with van der Waals surface area (Å²) in [6.45, 7) is 9.20. The third-order valence-corrected chi connectivity index (χ3v) is 3.99. The Labute approximate surface area is 122 Å². The molecule has 112 valence electrons. The highest BCUT2D eigenvalue weighted by atomic mass is 16.3. The number of rotatable bonds is 6. The number of amides is 1. The number of hydrogen-bond donors (Lipinski definition) is 2. The zero-order valence-electron chi connectivity index (χ0n) is 13.3. The Balaban J connectivity index is 2.73. The van der Waals surface area contributed by atoms with E-state index in [9.17, 15) is 9.90 Å². The van der Waals surface area contributed by atoms with Gasteiger partial charge in [-0.2, -0.15) is 0 Å². The number of aryl methyl sites for hydroxylation is 1. The average Bonchev–Trinajstić information content (AvgIpc) is 2.35. The Morgan fingerprint density at radius 1 is 1.15 bits per heavy atom. The quantitative estimate of drug-likeness (QED) is 0.838. The van der Waals surface area contributed by atoms with Crippen molar-refractivity contribution in [2.75, 3.05) is 0 Å². The van der Waals surface area contributed by atoms with Crippen LogP contribution in [-0.2, 0) is 6.42 Å². The van der Waals surface area contributed by atoms with Crippen LogP contribution in [0, 0.1) is 0 Å². The fraction of sp³-hybridized carbons (Fsp3) is 0.588. The van der Waals surface area contributed by atoms with Crippen LogP contribution in [0.1, 0.15) is 63.4 Å². The van der Waals surface area contributed by atoms with Crippen molar-refractivity contribution in [2.24, 2.45) is 0 Å². The minimum absolute atomic E-state index is 0.154. The van der Waals surface area contributed by atoms with Gasteiger partial charge >= 0.3 is 0 Å². The highest BCUT2D eigenvalue weighted by Gasteiger charge is 2.36. The van der Waals surface area contributed by atoms with E-state index in [0.717, 1.165) is 12.8 Å². The third kappa shape index (κ3) is 4.34. The van der Waals surface area contributed by atoms with Crippen LogP contribution in [-0.4, -0.2) is 22.2 Å². The smallest absolute Gasteiger partial charge is 0.251 e. The molecule has 3 nitrogen and oxygen atoms in total. The van der Waals surface area contributed by atoms with E-state index in [4.69, 9.17) is 0 Å². The van der Waals surface area contributed by atoms with Gasteiger partial charge in [0.1, 0.15) is 0 Å². The highest BCUT2D eigenvalue weighted by Crippen LogP contribution is 2.21. The minimum Gasteiger partial charge on any atom is -0.388 e. The molecule has 0 atom stereocenters. The SMILES string of the molecule is CCCCc1ccc(C(=O)NC(C)(C)C(C)(C)O)cc1. The largest absolute Gasteiger partial charge is 0.388 e. The van der Waals surface area contributed by atoms with Gasteiger partial charge in [0, 0.05) is 5.56 Å². The van der Waals surface area contributed by atoms with E-state index in [0.29, 0.717) is 5.56 Å². The van der Waals surface area contributed by atoms with E-state index in [2.05, 4.69) is 12.2 Å². The molecule has 0 aliphatic carbocycles. The van der Waals surface area contributed by atoms with Gasteiger partial charge in [-0.25, -0.2) is 0 Å². The molecule has 1 aromatic carbocycles. The Bertz CT molecular complexity index is 441. The Hall–Kier alpha value is -1.35. The van der Waals surface area contributed by atoms with Crippen LogP contribution in [0.2, 0.25) is 0 Å². The van der Waals surface area contributed by atoms with Crippen molar-refractivity contribution in [1.82, 2.24) is 5.32 Å². The highest BCUT2D eigenvalue weighted by molar-refractivity contribution is 5.94. The molecule has 0 unspecified atom stereocenters. The van der Waals surface area contributed by atoms with Gasteiger partial charge < -0.3 is 10.4 Å². The molecule has 20 heavy (non-hydrogen) atoms. The number of unbranched alkanes of at least 4 members (excludes halogenated alkanes) is 1. The second-order valence-electron chi connectivity index (χ2n) is 6.44. The normalized spacial score (nSPS) is 12.3. The maximum absolute atomic E-state index is 12.2. The van der Waals surface area contributed by atoms with Gasteiger partial charge in [-0.15, -0.1) is 0 Å². The Morgan fingerprint density at radius 3 is 2.15 bits per heavy atom. The van der Waals surface area contributed by atoms with Crippen molar-refractivity contribution in [2.45, 2.75) is 65.0 Å². The number of nitrogens with one attached hydrogen (secondary N) is 1. The van der Waals surface area contributed by atoms with Crippen molar-refractivity contribution >= 4 is 5.91 Å². The van der Waals surface area contributed by atoms with Crippen LogP contribution in [0.15, 0.2) is 24.3 Å². The molecule has 0 radical (unpaired) electrons. The first-order valence-corrected chi connectivity index (χ1v) is 7.31. The summed E-state index contributed by atoms with van der Waals surface area (Å²) >= 11 is 0. The summed E-state index contributed by atoms with van der Waals surface area (Å²) in [5.41, 5.74) is 0.210. The lowest BCUT2D eigenvalue weighted by atomic mass is 9.85. The van der Waals surface area contributed by atoms with Gasteiger partial charge in [-0.05, 0) is 58.2 Å². The predicted molar refractivity (Wildman–Crippen MR) is 82.9 cm³/mol. The monoisotopic (exact) mass is 277 g/mol. The molecular formula is C17H27NO2. The van der Waals surface area contributed by atoms with Gasteiger partial charge in [-0.3, -0.25) is 4.79 Å². The maximum Gasteiger partial charge on any atom is 0.251 e. The van der Waals surface area contributed by atoms with E-state index in [1.807, 2.05) is 38.1 Å². The molecule has 3 heteroatoms. The Kier molecular flexibility index (Phi) is 5.35. The van der Waals surface area contributed by atoms with Crippen LogP contribution in [0.4, 0.5) is 0 Å². The van der Waals surface area contributed by atoms with Crippen LogP contribution < -0.4 is 5.32 Å². The molecule has 0 heterocycles. The van der Waals surface area contributed by atoms with E-state index in [1.54, 1.807) is 13.8 Å². The molecule has 0 spiro atoms. The molecular weight excluding hydrogens is 250 g/mol. The van der Waals surface area contributed by atoms with E-state index in [1.165, 1.54) is 12.0 Å². The molecule has 0 aliphatic heterocycles. The molecule has 0 fully saturated rings. The van der Waals surface area contributed by atoms with Crippen LogP contribution in [0.5, 0.6) is 0 Å². The van der Waals surface area contributed by atoms with E-state index >= 15 is 0 Å². The first kappa shape index (κ1) is 16.7. The molecule has 0 saturated carbocycles. The predicted octanol–water partition coefficient (Wildman–Crippen LogP) is 3.31. The summed E-state index contributed by atoms with van der Waals surface area (Å²) in [5.74, 6) is -0.154. The Morgan fingerprint density at radius 2 is 1.70 bits per heavy atom. The first-order chi connectivity index (χ1) is 9.17. The number of hydrogen-bond acceptors (Lipinski definition) is 2. The second kappa shape index (κ2) is 6.40. The van der Waals surface area contributed by atoms with Crippen LogP contribution in [0.25, 0.3) is 0 Å². The summed E-state index contributed by atoms with van der Waals surface area (Å²) < 4.78 is 0. The summed E-state index contributed by atoms with van der Waals surface area (Å²) in [6, 6.07) is 7.70. The number of aliphatic hydroxyl groups is 1. The molecule has 0 aromatic heterocycles. The molecule has 1 amide bonds. The van der Waals surface area contributed by atoms with Crippen LogP contribution >= 0.6 is 0 Å². The van der Waals surface area contributed by atoms with Gasteiger partial charge in [0.05, 0.1) is 11.1 Å². The minimum atomic E-state index is -0.982. The fourth-order valence-electron chi connectivity index (χ4n) is 1.71. The van der Waals surface area contributed by atoms with Gasteiger partial charge in [0.15, 0.2) is 0 Å². The number of carbonyl (C=O) groups is 1. The molecule has 0 bridgehead atoms. The lowest BCUT2D eigenvalue weighted by Gasteiger charge is -2.38.